The van der Waals surface area contributed by atoms with Crippen molar-refractivity contribution >= 4 is 11.2 Å². The van der Waals surface area contributed by atoms with Gasteiger partial charge < -0.3 is 4.98 Å². The van der Waals surface area contributed by atoms with Gasteiger partial charge in [0.25, 0.3) is 0 Å². The smallest absolute Gasteiger partial charge is 0.176 e. The fourth-order valence-corrected chi connectivity index (χ4v) is 2.96. The quantitative estimate of drug-likeness (QED) is 0.628. The van der Waals surface area contributed by atoms with Crippen molar-refractivity contribution in [1.29, 1.82) is 0 Å². The highest BCUT2D eigenvalue weighted by Crippen LogP contribution is 2.28. The molecule has 6 nitrogen and oxygen atoms in total. The summed E-state index contributed by atoms with van der Waals surface area (Å²) in [4.78, 5) is 7.84. The van der Waals surface area contributed by atoms with Crippen LogP contribution in [0.1, 0.15) is 18.3 Å². The van der Waals surface area contributed by atoms with Gasteiger partial charge in [-0.25, -0.2) is 18.7 Å². The third-order valence-corrected chi connectivity index (χ3v) is 4.03. The molecule has 0 saturated carbocycles. The van der Waals surface area contributed by atoms with Crippen LogP contribution in [0.2, 0.25) is 0 Å². The van der Waals surface area contributed by atoms with Gasteiger partial charge in [-0.2, -0.15) is 10.2 Å². The molecule has 4 rings (SSSR count). The SMILES string of the molecule is CCn1ncc2[nH]c(-c3cc(F)ccc3-n3nc(C)cc3C)nc21. The average molecular weight is 324 g/mol. The topological polar surface area (TPSA) is 64.3 Å². The highest BCUT2D eigenvalue weighted by molar-refractivity contribution is 5.78. The van der Waals surface area contributed by atoms with E-state index in [4.69, 9.17) is 0 Å². The third kappa shape index (κ3) is 2.20. The van der Waals surface area contributed by atoms with Crippen molar-refractivity contribution in [2.24, 2.45) is 0 Å². The van der Waals surface area contributed by atoms with Crippen molar-refractivity contribution in [3.05, 3.63) is 47.7 Å². The fraction of sp³-hybridized carbons (Fsp3) is 0.235. The zero-order chi connectivity index (χ0) is 16.8. The van der Waals surface area contributed by atoms with Crippen molar-refractivity contribution in [3.8, 4) is 17.1 Å². The molecule has 3 heterocycles. The van der Waals surface area contributed by atoms with Crippen LogP contribution in [0.25, 0.3) is 28.2 Å². The summed E-state index contributed by atoms with van der Waals surface area (Å²) in [5.41, 5.74) is 4.94. The Balaban J connectivity index is 1.94. The average Bonchev–Trinajstić information content (AvgIpc) is 3.21. The Bertz CT molecular complexity index is 1040. The molecular formula is C17H17FN6. The minimum absolute atomic E-state index is 0.312. The first-order valence-corrected chi connectivity index (χ1v) is 7.82. The molecular weight excluding hydrogens is 307 g/mol. The number of rotatable bonds is 3. The van der Waals surface area contributed by atoms with Gasteiger partial charge in [-0.1, -0.05) is 0 Å². The van der Waals surface area contributed by atoms with Crippen molar-refractivity contribution in [1.82, 2.24) is 29.5 Å². The lowest BCUT2D eigenvalue weighted by molar-refractivity contribution is 0.627. The molecule has 0 spiro atoms. The van der Waals surface area contributed by atoms with E-state index in [9.17, 15) is 4.39 Å². The molecule has 4 aromatic rings. The van der Waals surface area contributed by atoms with E-state index < -0.39 is 0 Å². The fourth-order valence-electron chi connectivity index (χ4n) is 2.96. The summed E-state index contributed by atoms with van der Waals surface area (Å²) >= 11 is 0. The normalized spacial score (nSPS) is 11.5. The molecule has 0 atom stereocenters. The highest BCUT2D eigenvalue weighted by atomic mass is 19.1. The van der Waals surface area contributed by atoms with E-state index >= 15 is 0 Å². The van der Waals surface area contributed by atoms with E-state index in [1.54, 1.807) is 16.9 Å². The summed E-state index contributed by atoms with van der Waals surface area (Å²) in [7, 11) is 0. The third-order valence-electron chi connectivity index (χ3n) is 4.03. The number of H-pyrrole nitrogens is 1. The highest BCUT2D eigenvalue weighted by Gasteiger charge is 2.16. The molecule has 0 aliphatic heterocycles. The summed E-state index contributed by atoms with van der Waals surface area (Å²) < 4.78 is 17.5. The van der Waals surface area contributed by atoms with Gasteiger partial charge in [-0.15, -0.1) is 0 Å². The van der Waals surface area contributed by atoms with Gasteiger partial charge >= 0.3 is 0 Å². The zero-order valence-electron chi connectivity index (χ0n) is 13.7. The van der Waals surface area contributed by atoms with Crippen LogP contribution >= 0.6 is 0 Å². The number of aromatic amines is 1. The maximum atomic E-state index is 13.9. The summed E-state index contributed by atoms with van der Waals surface area (Å²) in [5.74, 6) is 0.291. The van der Waals surface area contributed by atoms with Crippen LogP contribution in [0.5, 0.6) is 0 Å². The largest absolute Gasteiger partial charge is 0.335 e. The molecule has 1 N–H and O–H groups in total. The molecule has 0 amide bonds. The van der Waals surface area contributed by atoms with Crippen LogP contribution in [0.4, 0.5) is 4.39 Å². The maximum Gasteiger partial charge on any atom is 0.176 e. The van der Waals surface area contributed by atoms with E-state index in [0.717, 1.165) is 34.8 Å². The van der Waals surface area contributed by atoms with Crippen molar-refractivity contribution in [3.63, 3.8) is 0 Å². The number of hydrogen-bond acceptors (Lipinski definition) is 3. The van der Waals surface area contributed by atoms with Crippen molar-refractivity contribution in [2.45, 2.75) is 27.3 Å². The lowest BCUT2D eigenvalue weighted by atomic mass is 10.1. The summed E-state index contributed by atoms with van der Waals surface area (Å²) in [6.45, 7) is 6.63. The van der Waals surface area contributed by atoms with Gasteiger partial charge in [-0.3, -0.25) is 0 Å². The predicted octanol–water partition coefficient (Wildman–Crippen LogP) is 3.39. The van der Waals surface area contributed by atoms with E-state index in [0.29, 0.717) is 11.4 Å². The number of nitrogens with one attached hydrogen (secondary N) is 1. The molecule has 122 valence electrons. The van der Waals surface area contributed by atoms with E-state index in [1.807, 2.05) is 31.5 Å². The maximum absolute atomic E-state index is 13.9. The molecule has 3 aromatic heterocycles. The van der Waals surface area contributed by atoms with Crippen LogP contribution in [0.3, 0.4) is 0 Å². The first kappa shape index (κ1) is 14.6. The number of imidazole rings is 1. The lowest BCUT2D eigenvalue weighted by Crippen LogP contribution is -2.03. The summed E-state index contributed by atoms with van der Waals surface area (Å²) in [6.07, 6.45) is 1.73. The minimum atomic E-state index is -0.312. The Morgan fingerprint density at radius 1 is 1.21 bits per heavy atom. The number of fused-ring (bicyclic) bond motifs is 1. The summed E-state index contributed by atoms with van der Waals surface area (Å²) in [6, 6.07) is 6.63. The van der Waals surface area contributed by atoms with Gasteiger partial charge in [0.05, 0.1) is 17.6 Å². The molecule has 0 saturated heterocycles. The van der Waals surface area contributed by atoms with Crippen LogP contribution < -0.4 is 0 Å². The second-order valence-corrected chi connectivity index (χ2v) is 5.78. The molecule has 0 aliphatic rings. The number of benzene rings is 1. The van der Waals surface area contributed by atoms with E-state index in [2.05, 4.69) is 20.2 Å². The lowest BCUT2D eigenvalue weighted by Gasteiger charge is -2.10. The van der Waals surface area contributed by atoms with Gasteiger partial charge in [0.15, 0.2) is 5.65 Å². The first-order valence-electron chi connectivity index (χ1n) is 7.82. The summed E-state index contributed by atoms with van der Waals surface area (Å²) in [5, 5.41) is 8.76. The minimum Gasteiger partial charge on any atom is -0.335 e. The van der Waals surface area contributed by atoms with Crippen LogP contribution in [0, 0.1) is 19.7 Å². The van der Waals surface area contributed by atoms with E-state index in [1.165, 1.54) is 12.1 Å². The Labute approximate surface area is 137 Å². The van der Waals surface area contributed by atoms with Crippen LogP contribution in [-0.2, 0) is 6.54 Å². The Morgan fingerprint density at radius 2 is 2.04 bits per heavy atom. The molecule has 0 fully saturated rings. The van der Waals surface area contributed by atoms with Crippen molar-refractivity contribution in [2.75, 3.05) is 0 Å². The second-order valence-electron chi connectivity index (χ2n) is 5.78. The van der Waals surface area contributed by atoms with Crippen molar-refractivity contribution < 1.29 is 4.39 Å². The Kier molecular flexibility index (Phi) is 3.23. The molecule has 7 heteroatoms. The van der Waals surface area contributed by atoms with Crippen LogP contribution in [0.15, 0.2) is 30.5 Å². The van der Waals surface area contributed by atoms with E-state index in [-0.39, 0.29) is 5.82 Å². The predicted molar refractivity (Wildman–Crippen MR) is 89.5 cm³/mol. The molecule has 0 aliphatic carbocycles. The van der Waals surface area contributed by atoms with Crippen LogP contribution in [-0.4, -0.2) is 29.5 Å². The number of halogens is 1. The number of hydrogen-bond donors (Lipinski definition) is 1. The monoisotopic (exact) mass is 324 g/mol. The molecule has 1 aromatic carbocycles. The Hall–Kier alpha value is -2.96. The number of nitrogens with zero attached hydrogens (tertiary/aromatic N) is 5. The zero-order valence-corrected chi connectivity index (χ0v) is 13.7. The molecule has 24 heavy (non-hydrogen) atoms. The number of aromatic nitrogens is 6. The number of aryl methyl sites for hydroxylation is 3. The van der Waals surface area contributed by atoms with Gasteiger partial charge in [0.2, 0.25) is 0 Å². The second kappa shape index (κ2) is 5.30. The van der Waals surface area contributed by atoms with Gasteiger partial charge in [0, 0.05) is 17.8 Å². The Morgan fingerprint density at radius 3 is 2.75 bits per heavy atom. The first-order chi connectivity index (χ1) is 11.6. The van der Waals surface area contributed by atoms with Gasteiger partial charge in [-0.05, 0) is 45.0 Å². The molecule has 0 radical (unpaired) electrons. The standard InChI is InChI=1S/C17H17FN6/c1-4-23-17-14(9-19-23)20-16(21-17)13-8-12(18)5-6-15(13)24-11(3)7-10(2)22-24/h5-9H,4H2,1-3H3,(H,20,21). The van der Waals surface area contributed by atoms with Gasteiger partial charge in [0.1, 0.15) is 17.2 Å². The molecule has 0 unspecified atom stereocenters. The molecule has 0 bridgehead atoms.